The summed E-state index contributed by atoms with van der Waals surface area (Å²) in [4.78, 5) is 8.84. The van der Waals surface area contributed by atoms with Crippen molar-refractivity contribution in [2.45, 2.75) is 33.6 Å². The average molecular weight is 255 g/mol. The molecule has 0 saturated heterocycles. The average Bonchev–Trinajstić information content (AvgIpc) is 2.40. The van der Waals surface area contributed by atoms with Crippen molar-refractivity contribution in [3.05, 3.63) is 41.2 Å². The van der Waals surface area contributed by atoms with Crippen LogP contribution in [-0.4, -0.2) is 17.0 Å². The van der Waals surface area contributed by atoms with E-state index < -0.39 is 0 Å². The number of benzene rings is 1. The number of rotatable bonds is 4. The van der Waals surface area contributed by atoms with E-state index in [9.17, 15) is 0 Å². The van der Waals surface area contributed by atoms with Crippen molar-refractivity contribution in [3.8, 4) is 11.3 Å². The lowest BCUT2D eigenvalue weighted by molar-refractivity contribution is 0.905. The SMILES string of the molecule is CCCc1c(NC)ncnc1-c1ccc(C)cc1C. The zero-order chi connectivity index (χ0) is 13.8. The molecule has 0 atom stereocenters. The van der Waals surface area contributed by atoms with Crippen LogP contribution in [0.4, 0.5) is 5.82 Å². The van der Waals surface area contributed by atoms with Gasteiger partial charge in [-0.05, 0) is 25.8 Å². The molecule has 0 aliphatic rings. The van der Waals surface area contributed by atoms with Gasteiger partial charge in [-0.15, -0.1) is 0 Å². The van der Waals surface area contributed by atoms with Crippen molar-refractivity contribution in [2.24, 2.45) is 0 Å². The molecule has 3 nitrogen and oxygen atoms in total. The van der Waals surface area contributed by atoms with Gasteiger partial charge in [0, 0.05) is 18.2 Å². The van der Waals surface area contributed by atoms with Crippen LogP contribution in [0.3, 0.4) is 0 Å². The third-order valence-electron chi connectivity index (χ3n) is 3.32. The normalized spacial score (nSPS) is 10.5. The number of hydrogen-bond donors (Lipinski definition) is 1. The summed E-state index contributed by atoms with van der Waals surface area (Å²) in [6.07, 6.45) is 3.71. The minimum absolute atomic E-state index is 0.937. The number of nitrogens with one attached hydrogen (secondary N) is 1. The van der Waals surface area contributed by atoms with Crippen molar-refractivity contribution < 1.29 is 0 Å². The Morgan fingerprint density at radius 2 is 1.95 bits per heavy atom. The lowest BCUT2D eigenvalue weighted by atomic mass is 9.97. The fraction of sp³-hybridized carbons (Fsp3) is 0.375. The first-order valence-electron chi connectivity index (χ1n) is 6.76. The molecular weight excluding hydrogens is 234 g/mol. The maximum atomic E-state index is 4.52. The highest BCUT2D eigenvalue weighted by Gasteiger charge is 2.13. The fourth-order valence-corrected chi connectivity index (χ4v) is 2.43. The Labute approximate surface area is 115 Å². The molecule has 0 spiro atoms. The minimum atomic E-state index is 0.937. The van der Waals surface area contributed by atoms with Gasteiger partial charge >= 0.3 is 0 Å². The minimum Gasteiger partial charge on any atom is -0.373 e. The summed E-state index contributed by atoms with van der Waals surface area (Å²) in [5, 5.41) is 3.17. The molecule has 0 aliphatic carbocycles. The summed E-state index contributed by atoms with van der Waals surface area (Å²) < 4.78 is 0. The second kappa shape index (κ2) is 5.83. The molecular formula is C16H21N3. The first-order valence-corrected chi connectivity index (χ1v) is 6.76. The molecule has 1 aromatic carbocycles. The van der Waals surface area contributed by atoms with Crippen LogP contribution in [0, 0.1) is 13.8 Å². The Kier molecular flexibility index (Phi) is 4.15. The molecule has 0 saturated carbocycles. The summed E-state index contributed by atoms with van der Waals surface area (Å²) in [5.74, 6) is 0.937. The Morgan fingerprint density at radius 1 is 1.16 bits per heavy atom. The summed E-state index contributed by atoms with van der Waals surface area (Å²) >= 11 is 0. The van der Waals surface area contributed by atoms with Gasteiger partial charge in [0.2, 0.25) is 0 Å². The lowest BCUT2D eigenvalue weighted by Crippen LogP contribution is -2.03. The van der Waals surface area contributed by atoms with Crippen LogP contribution in [0.25, 0.3) is 11.3 Å². The van der Waals surface area contributed by atoms with Crippen LogP contribution in [0.5, 0.6) is 0 Å². The third kappa shape index (κ3) is 2.75. The van der Waals surface area contributed by atoms with Crippen molar-refractivity contribution in [1.82, 2.24) is 9.97 Å². The molecule has 1 heterocycles. The Hall–Kier alpha value is -1.90. The number of nitrogens with zero attached hydrogens (tertiary/aromatic N) is 2. The first-order chi connectivity index (χ1) is 9.17. The van der Waals surface area contributed by atoms with E-state index in [4.69, 9.17) is 0 Å². The Bertz CT molecular complexity index is 576. The highest BCUT2D eigenvalue weighted by molar-refractivity contribution is 5.71. The van der Waals surface area contributed by atoms with Crippen LogP contribution in [0.2, 0.25) is 0 Å². The van der Waals surface area contributed by atoms with E-state index in [-0.39, 0.29) is 0 Å². The van der Waals surface area contributed by atoms with Crippen LogP contribution in [-0.2, 0) is 6.42 Å². The van der Waals surface area contributed by atoms with Gasteiger partial charge in [0.05, 0.1) is 5.69 Å². The van der Waals surface area contributed by atoms with E-state index >= 15 is 0 Å². The zero-order valence-corrected chi connectivity index (χ0v) is 12.1. The smallest absolute Gasteiger partial charge is 0.132 e. The van der Waals surface area contributed by atoms with Crippen LogP contribution in [0.15, 0.2) is 24.5 Å². The van der Waals surface area contributed by atoms with E-state index in [0.29, 0.717) is 0 Å². The van der Waals surface area contributed by atoms with Gasteiger partial charge in [0.1, 0.15) is 12.1 Å². The maximum absolute atomic E-state index is 4.52. The van der Waals surface area contributed by atoms with E-state index in [2.05, 4.69) is 54.3 Å². The number of hydrogen-bond acceptors (Lipinski definition) is 3. The quantitative estimate of drug-likeness (QED) is 0.904. The number of aryl methyl sites for hydroxylation is 2. The molecule has 19 heavy (non-hydrogen) atoms. The molecule has 100 valence electrons. The summed E-state index contributed by atoms with van der Waals surface area (Å²) in [7, 11) is 1.91. The molecule has 3 heteroatoms. The van der Waals surface area contributed by atoms with Gasteiger partial charge in [-0.3, -0.25) is 0 Å². The van der Waals surface area contributed by atoms with E-state index in [1.807, 2.05) is 7.05 Å². The van der Waals surface area contributed by atoms with Crippen molar-refractivity contribution in [2.75, 3.05) is 12.4 Å². The van der Waals surface area contributed by atoms with Crippen molar-refractivity contribution in [3.63, 3.8) is 0 Å². The molecule has 2 aromatic rings. The van der Waals surface area contributed by atoms with Crippen LogP contribution < -0.4 is 5.32 Å². The number of aromatic nitrogens is 2. The predicted octanol–water partition coefficient (Wildman–Crippen LogP) is 3.75. The molecule has 2 rings (SSSR count). The highest BCUT2D eigenvalue weighted by atomic mass is 15.0. The van der Waals surface area contributed by atoms with Gasteiger partial charge in [-0.2, -0.15) is 0 Å². The Morgan fingerprint density at radius 3 is 2.58 bits per heavy atom. The summed E-state index contributed by atoms with van der Waals surface area (Å²) in [6.45, 7) is 6.43. The Balaban J connectivity index is 2.60. The first kappa shape index (κ1) is 13.5. The van der Waals surface area contributed by atoms with Gasteiger partial charge in [-0.25, -0.2) is 9.97 Å². The monoisotopic (exact) mass is 255 g/mol. The molecule has 0 aliphatic heterocycles. The molecule has 0 radical (unpaired) electrons. The summed E-state index contributed by atoms with van der Waals surface area (Å²) in [5.41, 5.74) is 6.00. The molecule has 0 fully saturated rings. The van der Waals surface area contributed by atoms with Crippen LogP contribution >= 0.6 is 0 Å². The molecule has 0 unspecified atom stereocenters. The molecule has 1 N–H and O–H groups in total. The van der Waals surface area contributed by atoms with E-state index in [1.54, 1.807) is 6.33 Å². The third-order valence-corrected chi connectivity index (χ3v) is 3.32. The maximum Gasteiger partial charge on any atom is 0.132 e. The summed E-state index contributed by atoms with van der Waals surface area (Å²) in [6, 6.07) is 6.50. The second-order valence-electron chi connectivity index (χ2n) is 4.87. The standard InChI is InChI=1S/C16H21N3/c1-5-6-14-15(18-10-19-16(14)17-4)13-8-7-11(2)9-12(13)3/h7-10H,5-6H2,1-4H3,(H,17,18,19). The van der Waals surface area contributed by atoms with Crippen LogP contribution in [0.1, 0.15) is 30.0 Å². The lowest BCUT2D eigenvalue weighted by Gasteiger charge is -2.14. The van der Waals surface area contributed by atoms with Gasteiger partial charge in [0.25, 0.3) is 0 Å². The van der Waals surface area contributed by atoms with E-state index in [1.165, 1.54) is 22.3 Å². The van der Waals surface area contributed by atoms with Crippen molar-refractivity contribution >= 4 is 5.82 Å². The highest BCUT2D eigenvalue weighted by Crippen LogP contribution is 2.29. The largest absolute Gasteiger partial charge is 0.373 e. The second-order valence-corrected chi connectivity index (χ2v) is 4.87. The molecule has 0 bridgehead atoms. The zero-order valence-electron chi connectivity index (χ0n) is 12.1. The van der Waals surface area contributed by atoms with E-state index in [0.717, 1.165) is 24.4 Å². The van der Waals surface area contributed by atoms with Crippen molar-refractivity contribution in [1.29, 1.82) is 0 Å². The molecule has 1 aromatic heterocycles. The number of anilines is 1. The fourth-order valence-electron chi connectivity index (χ4n) is 2.43. The predicted molar refractivity (Wildman–Crippen MR) is 80.5 cm³/mol. The van der Waals surface area contributed by atoms with Gasteiger partial charge in [-0.1, -0.05) is 37.1 Å². The van der Waals surface area contributed by atoms with Gasteiger partial charge < -0.3 is 5.32 Å². The van der Waals surface area contributed by atoms with Gasteiger partial charge in [0.15, 0.2) is 0 Å². The molecule has 0 amide bonds. The topological polar surface area (TPSA) is 37.8 Å².